The van der Waals surface area contributed by atoms with Gasteiger partial charge in [0.1, 0.15) is 5.01 Å². The highest BCUT2D eigenvalue weighted by molar-refractivity contribution is 7.15. The van der Waals surface area contributed by atoms with Crippen LogP contribution in [0.1, 0.15) is 54.9 Å². The van der Waals surface area contributed by atoms with Gasteiger partial charge in [0, 0.05) is 32.0 Å². The van der Waals surface area contributed by atoms with Crippen molar-refractivity contribution in [2.75, 3.05) is 17.3 Å². The second-order valence-electron chi connectivity index (χ2n) is 8.75. The second kappa shape index (κ2) is 12.9. The molecule has 0 fully saturated rings. The summed E-state index contributed by atoms with van der Waals surface area (Å²) < 4.78 is 0. The van der Waals surface area contributed by atoms with Crippen LogP contribution in [0.5, 0.6) is 0 Å². The Labute approximate surface area is 212 Å². The summed E-state index contributed by atoms with van der Waals surface area (Å²) in [6, 6.07) is 12.2. The summed E-state index contributed by atoms with van der Waals surface area (Å²) in [6.07, 6.45) is 6.76. The lowest BCUT2D eigenvalue weighted by Gasteiger charge is -2.18. The van der Waals surface area contributed by atoms with E-state index in [1.807, 2.05) is 44.0 Å². The number of unbranched alkanes of at least 4 members (excludes halogenated alkanes) is 1. The number of allylic oxidation sites excluding steroid dienone is 2. The number of benzene rings is 1. The largest absolute Gasteiger partial charge is 0.324 e. The summed E-state index contributed by atoms with van der Waals surface area (Å²) in [5.41, 5.74) is 5.42. The van der Waals surface area contributed by atoms with E-state index in [1.54, 1.807) is 11.3 Å². The highest BCUT2D eigenvalue weighted by atomic mass is 32.1. The van der Waals surface area contributed by atoms with Crippen molar-refractivity contribution >= 4 is 28.2 Å². The molecule has 0 atom stereocenters. The molecule has 3 aromatic rings. The molecule has 0 saturated carbocycles. The monoisotopic (exact) mass is 490 g/mol. The molecule has 2 heterocycles. The molecular formula is C27H34N6OS. The van der Waals surface area contributed by atoms with Crippen LogP contribution in [0.15, 0.2) is 60.3 Å². The Balaban J connectivity index is 1.41. The first kappa shape index (κ1) is 26.2. The molecule has 0 saturated heterocycles. The van der Waals surface area contributed by atoms with Crippen molar-refractivity contribution in [3.8, 4) is 0 Å². The zero-order valence-electron chi connectivity index (χ0n) is 21.0. The van der Waals surface area contributed by atoms with Gasteiger partial charge in [0.15, 0.2) is 5.82 Å². The summed E-state index contributed by atoms with van der Waals surface area (Å²) >= 11 is 1.61. The fourth-order valence-corrected chi connectivity index (χ4v) is 4.36. The molecule has 0 bridgehead atoms. The molecular weight excluding hydrogens is 456 g/mol. The van der Waals surface area contributed by atoms with Gasteiger partial charge in [-0.05, 0) is 57.7 Å². The van der Waals surface area contributed by atoms with Crippen LogP contribution in [0.4, 0.5) is 10.9 Å². The van der Waals surface area contributed by atoms with Crippen molar-refractivity contribution in [2.45, 2.75) is 59.3 Å². The number of nitrogens with zero attached hydrogens (tertiary/aromatic N) is 5. The molecule has 7 nitrogen and oxygen atoms in total. The Kier molecular flexibility index (Phi) is 9.66. The zero-order valence-corrected chi connectivity index (χ0v) is 21.9. The van der Waals surface area contributed by atoms with Crippen LogP contribution in [0.3, 0.4) is 0 Å². The topological polar surface area (TPSA) is 83.9 Å². The summed E-state index contributed by atoms with van der Waals surface area (Å²) in [4.78, 5) is 14.0. The van der Waals surface area contributed by atoms with E-state index in [-0.39, 0.29) is 5.91 Å². The smallest absolute Gasteiger partial charge is 0.229 e. The molecule has 0 spiro atoms. The van der Waals surface area contributed by atoms with Crippen molar-refractivity contribution in [3.05, 3.63) is 82.2 Å². The third kappa shape index (κ3) is 8.40. The van der Waals surface area contributed by atoms with Crippen LogP contribution in [-0.4, -0.2) is 33.3 Å². The van der Waals surface area contributed by atoms with Crippen molar-refractivity contribution < 1.29 is 4.79 Å². The molecule has 0 aliphatic carbocycles. The lowest BCUT2D eigenvalue weighted by atomic mass is 10.1. The average Bonchev–Trinajstić information content (AvgIpc) is 3.31. The minimum absolute atomic E-state index is 0.0801. The van der Waals surface area contributed by atoms with Crippen LogP contribution >= 0.6 is 11.3 Å². The number of amides is 1. The fourth-order valence-electron chi connectivity index (χ4n) is 3.48. The Morgan fingerprint density at radius 1 is 1.11 bits per heavy atom. The number of carbonyl (C=O) groups is 1. The SMILES string of the molecule is C=C(Cc1cccc(C)c1)N(C)c1nnc(CCCCc2ccc(NC(=O)C/C(C)=C/C)nn2)s1. The molecule has 0 aliphatic rings. The Morgan fingerprint density at radius 2 is 1.91 bits per heavy atom. The van der Waals surface area contributed by atoms with Crippen LogP contribution < -0.4 is 10.2 Å². The summed E-state index contributed by atoms with van der Waals surface area (Å²) in [7, 11) is 1.99. The lowest BCUT2D eigenvalue weighted by molar-refractivity contribution is -0.115. The highest BCUT2D eigenvalue weighted by Crippen LogP contribution is 2.24. The molecule has 1 aromatic carbocycles. The average molecular weight is 491 g/mol. The Morgan fingerprint density at radius 3 is 2.63 bits per heavy atom. The van der Waals surface area contributed by atoms with E-state index in [0.717, 1.165) is 59.2 Å². The number of rotatable bonds is 12. The highest BCUT2D eigenvalue weighted by Gasteiger charge is 2.12. The number of anilines is 2. The maximum absolute atomic E-state index is 12.0. The van der Waals surface area contributed by atoms with Crippen LogP contribution in [0.2, 0.25) is 0 Å². The third-order valence-corrected chi connectivity index (χ3v) is 6.76. The van der Waals surface area contributed by atoms with E-state index in [2.05, 4.69) is 63.5 Å². The van der Waals surface area contributed by atoms with Crippen molar-refractivity contribution in [1.82, 2.24) is 20.4 Å². The quantitative estimate of drug-likeness (QED) is 0.259. The number of likely N-dealkylation sites (N-methyl/N-ethyl adjacent to an activating group) is 1. The van der Waals surface area contributed by atoms with Crippen molar-refractivity contribution in [2.24, 2.45) is 0 Å². The third-order valence-electron chi connectivity index (χ3n) is 5.70. The molecule has 35 heavy (non-hydrogen) atoms. The number of carbonyl (C=O) groups excluding carboxylic acids is 1. The van der Waals surface area contributed by atoms with Crippen LogP contribution in [-0.2, 0) is 24.1 Å². The van der Waals surface area contributed by atoms with Gasteiger partial charge in [-0.3, -0.25) is 4.79 Å². The molecule has 2 aromatic heterocycles. The molecule has 8 heteroatoms. The van der Waals surface area contributed by atoms with Crippen molar-refractivity contribution in [1.29, 1.82) is 0 Å². The number of aromatic nitrogens is 4. The molecule has 184 valence electrons. The second-order valence-corrected chi connectivity index (χ2v) is 9.79. The summed E-state index contributed by atoms with van der Waals surface area (Å²) in [5.74, 6) is 0.403. The first-order chi connectivity index (χ1) is 16.8. The van der Waals surface area contributed by atoms with E-state index in [1.165, 1.54) is 11.1 Å². The number of hydrogen-bond donors (Lipinski definition) is 1. The van der Waals surface area contributed by atoms with Crippen LogP contribution in [0, 0.1) is 6.92 Å². The molecule has 3 rings (SSSR count). The van der Waals surface area contributed by atoms with E-state index in [0.29, 0.717) is 12.2 Å². The first-order valence-electron chi connectivity index (χ1n) is 11.9. The van der Waals surface area contributed by atoms with Gasteiger partial charge in [-0.15, -0.1) is 15.3 Å². The van der Waals surface area contributed by atoms with Crippen LogP contribution in [0.25, 0.3) is 0 Å². The fraction of sp³-hybridized carbons (Fsp3) is 0.370. The Hall–Kier alpha value is -3.39. The number of aryl methyl sites for hydroxylation is 3. The van der Waals surface area contributed by atoms with Gasteiger partial charge in [-0.2, -0.15) is 5.10 Å². The van der Waals surface area contributed by atoms with Gasteiger partial charge in [-0.25, -0.2) is 0 Å². The van der Waals surface area contributed by atoms with Gasteiger partial charge in [0.05, 0.1) is 5.69 Å². The minimum atomic E-state index is -0.0801. The van der Waals surface area contributed by atoms with Gasteiger partial charge in [0.2, 0.25) is 11.0 Å². The molecule has 0 radical (unpaired) electrons. The standard InChI is InChI=1S/C27H34N6OS/c1-6-19(2)17-25(34)28-24-15-14-23(29-30-24)12-7-8-13-26-31-32-27(35-26)33(5)21(4)18-22-11-9-10-20(3)16-22/h6,9-11,14-16H,4,7-8,12-13,17-18H2,1-3,5H3,(H,28,30,34)/b19-6+. The maximum Gasteiger partial charge on any atom is 0.229 e. The van der Waals surface area contributed by atoms with E-state index < -0.39 is 0 Å². The number of hydrogen-bond acceptors (Lipinski definition) is 7. The van der Waals surface area contributed by atoms with Crippen molar-refractivity contribution in [3.63, 3.8) is 0 Å². The summed E-state index contributed by atoms with van der Waals surface area (Å²) in [5, 5.41) is 21.8. The van der Waals surface area contributed by atoms with E-state index >= 15 is 0 Å². The van der Waals surface area contributed by atoms with E-state index in [9.17, 15) is 4.79 Å². The molecule has 0 aliphatic heterocycles. The lowest BCUT2D eigenvalue weighted by Crippen LogP contribution is -2.17. The van der Waals surface area contributed by atoms with Gasteiger partial charge in [0.25, 0.3) is 0 Å². The summed E-state index contributed by atoms with van der Waals surface area (Å²) in [6.45, 7) is 10.2. The van der Waals surface area contributed by atoms with Gasteiger partial charge < -0.3 is 10.2 Å². The normalized spacial score (nSPS) is 11.4. The maximum atomic E-state index is 12.0. The molecule has 1 N–H and O–H groups in total. The predicted octanol–water partition coefficient (Wildman–Crippen LogP) is 5.69. The molecule has 1 amide bonds. The Bertz CT molecular complexity index is 1170. The minimum Gasteiger partial charge on any atom is -0.324 e. The van der Waals surface area contributed by atoms with Gasteiger partial charge in [-0.1, -0.05) is 59.4 Å². The first-order valence-corrected chi connectivity index (χ1v) is 12.7. The zero-order chi connectivity index (χ0) is 25.2. The molecule has 0 unspecified atom stereocenters. The van der Waals surface area contributed by atoms with E-state index in [4.69, 9.17) is 0 Å². The number of nitrogens with one attached hydrogen (secondary N) is 1. The predicted molar refractivity (Wildman–Crippen MR) is 144 cm³/mol. The van der Waals surface area contributed by atoms with Gasteiger partial charge >= 0.3 is 0 Å².